The molecule has 0 aliphatic rings. The van der Waals surface area contributed by atoms with Gasteiger partial charge in [-0.15, -0.1) is 5.10 Å². The SMILES string of the molecule is Cc1ncccc1Nc1nnccc1C#N. The van der Waals surface area contributed by atoms with Crippen LogP contribution < -0.4 is 5.32 Å². The summed E-state index contributed by atoms with van der Waals surface area (Å²) in [7, 11) is 0. The van der Waals surface area contributed by atoms with Crippen LogP contribution in [0.2, 0.25) is 0 Å². The zero-order valence-corrected chi connectivity index (χ0v) is 8.68. The average molecular weight is 211 g/mol. The lowest BCUT2D eigenvalue weighted by molar-refractivity contribution is 1.03. The number of pyridine rings is 1. The number of nitrogens with zero attached hydrogens (tertiary/aromatic N) is 4. The van der Waals surface area contributed by atoms with Crippen molar-refractivity contribution in [3.05, 3.63) is 41.9 Å². The van der Waals surface area contributed by atoms with Crippen molar-refractivity contribution < 1.29 is 0 Å². The first-order valence-corrected chi connectivity index (χ1v) is 4.71. The number of rotatable bonds is 2. The van der Waals surface area contributed by atoms with Gasteiger partial charge in [0.2, 0.25) is 0 Å². The number of hydrogen-bond donors (Lipinski definition) is 1. The third-order valence-electron chi connectivity index (χ3n) is 2.10. The minimum Gasteiger partial charge on any atom is -0.336 e. The van der Waals surface area contributed by atoms with Gasteiger partial charge in [-0.1, -0.05) is 0 Å². The number of aryl methyl sites for hydroxylation is 1. The lowest BCUT2D eigenvalue weighted by Crippen LogP contribution is -2.00. The lowest BCUT2D eigenvalue weighted by atomic mass is 10.2. The van der Waals surface area contributed by atoms with Gasteiger partial charge in [0, 0.05) is 6.20 Å². The summed E-state index contributed by atoms with van der Waals surface area (Å²) in [5, 5.41) is 19.5. The van der Waals surface area contributed by atoms with Gasteiger partial charge in [-0.3, -0.25) is 4.98 Å². The Morgan fingerprint density at radius 2 is 2.19 bits per heavy atom. The highest BCUT2D eigenvalue weighted by atomic mass is 15.2. The third kappa shape index (κ3) is 1.96. The van der Waals surface area contributed by atoms with E-state index >= 15 is 0 Å². The summed E-state index contributed by atoms with van der Waals surface area (Å²) in [5.41, 5.74) is 2.12. The van der Waals surface area contributed by atoms with Gasteiger partial charge in [-0.25, -0.2) is 0 Å². The number of anilines is 2. The number of nitrogens with one attached hydrogen (secondary N) is 1. The molecule has 0 aromatic carbocycles. The molecule has 0 atom stereocenters. The fraction of sp³-hybridized carbons (Fsp3) is 0.0909. The van der Waals surface area contributed by atoms with Crippen LogP contribution in [-0.4, -0.2) is 15.2 Å². The summed E-state index contributed by atoms with van der Waals surface area (Å²) >= 11 is 0. The number of aromatic nitrogens is 3. The molecule has 0 aliphatic heterocycles. The standard InChI is InChI=1S/C11H9N5/c1-8-10(3-2-5-13-8)15-11-9(7-12)4-6-14-16-11/h2-6H,1H3,(H,15,16). The van der Waals surface area contributed by atoms with Crippen molar-refractivity contribution in [2.45, 2.75) is 6.92 Å². The quantitative estimate of drug-likeness (QED) is 0.819. The molecule has 5 heteroatoms. The fourth-order valence-electron chi connectivity index (χ4n) is 1.26. The molecule has 0 spiro atoms. The summed E-state index contributed by atoms with van der Waals surface area (Å²) in [5.74, 6) is 0.445. The minimum absolute atomic E-state index is 0.445. The highest BCUT2D eigenvalue weighted by Gasteiger charge is 2.05. The first-order chi connectivity index (χ1) is 7.81. The summed E-state index contributed by atoms with van der Waals surface area (Å²) in [6.07, 6.45) is 3.20. The van der Waals surface area contributed by atoms with Crippen LogP contribution in [0.4, 0.5) is 11.5 Å². The van der Waals surface area contributed by atoms with E-state index in [9.17, 15) is 0 Å². The molecule has 0 unspecified atom stereocenters. The Morgan fingerprint density at radius 3 is 2.94 bits per heavy atom. The van der Waals surface area contributed by atoms with Crippen LogP contribution in [0.1, 0.15) is 11.3 Å². The van der Waals surface area contributed by atoms with E-state index in [1.807, 2.05) is 25.1 Å². The van der Waals surface area contributed by atoms with Gasteiger partial charge in [-0.05, 0) is 25.1 Å². The first-order valence-electron chi connectivity index (χ1n) is 4.71. The highest BCUT2D eigenvalue weighted by molar-refractivity contribution is 5.63. The van der Waals surface area contributed by atoms with Crippen molar-refractivity contribution in [1.29, 1.82) is 5.26 Å². The van der Waals surface area contributed by atoms with Gasteiger partial charge in [0.25, 0.3) is 0 Å². The highest BCUT2D eigenvalue weighted by Crippen LogP contribution is 2.18. The Hall–Kier alpha value is -2.48. The molecule has 5 nitrogen and oxygen atoms in total. The second kappa shape index (κ2) is 4.36. The van der Waals surface area contributed by atoms with Crippen LogP contribution in [0.3, 0.4) is 0 Å². The molecule has 2 aromatic rings. The Balaban J connectivity index is 2.35. The van der Waals surface area contributed by atoms with Crippen molar-refractivity contribution in [3.63, 3.8) is 0 Å². The summed E-state index contributed by atoms with van der Waals surface area (Å²) in [6, 6.07) is 7.35. The number of hydrogen-bond acceptors (Lipinski definition) is 5. The van der Waals surface area contributed by atoms with Crippen molar-refractivity contribution in [1.82, 2.24) is 15.2 Å². The smallest absolute Gasteiger partial charge is 0.171 e. The molecule has 0 radical (unpaired) electrons. The van der Waals surface area contributed by atoms with Gasteiger partial charge in [0.15, 0.2) is 5.82 Å². The summed E-state index contributed by atoms with van der Waals surface area (Å²) in [6.45, 7) is 1.88. The van der Waals surface area contributed by atoms with E-state index in [4.69, 9.17) is 5.26 Å². The molecule has 0 aliphatic carbocycles. The molecule has 0 fully saturated rings. The van der Waals surface area contributed by atoms with Crippen LogP contribution in [0.15, 0.2) is 30.6 Å². The summed E-state index contributed by atoms with van der Waals surface area (Å²) < 4.78 is 0. The molecule has 2 heterocycles. The molecule has 0 bridgehead atoms. The predicted octanol–water partition coefficient (Wildman–Crippen LogP) is 1.80. The van der Waals surface area contributed by atoms with E-state index in [1.54, 1.807) is 12.3 Å². The molecule has 0 amide bonds. The van der Waals surface area contributed by atoms with E-state index in [1.165, 1.54) is 6.20 Å². The maximum Gasteiger partial charge on any atom is 0.171 e. The molecule has 0 saturated carbocycles. The Labute approximate surface area is 92.8 Å². The van der Waals surface area contributed by atoms with Gasteiger partial charge in [0.1, 0.15) is 6.07 Å². The maximum absolute atomic E-state index is 8.89. The Kier molecular flexibility index (Phi) is 2.74. The molecule has 0 saturated heterocycles. The van der Waals surface area contributed by atoms with Gasteiger partial charge < -0.3 is 5.32 Å². The van der Waals surface area contributed by atoms with Gasteiger partial charge >= 0.3 is 0 Å². The molecule has 2 aromatic heterocycles. The van der Waals surface area contributed by atoms with Crippen LogP contribution in [0.25, 0.3) is 0 Å². The predicted molar refractivity (Wildman–Crippen MR) is 59.0 cm³/mol. The minimum atomic E-state index is 0.445. The number of nitriles is 1. The second-order valence-electron chi connectivity index (χ2n) is 3.17. The molecular weight excluding hydrogens is 202 g/mol. The topological polar surface area (TPSA) is 74.5 Å². The van der Waals surface area contributed by atoms with Gasteiger partial charge in [0.05, 0.1) is 23.1 Å². The lowest BCUT2D eigenvalue weighted by Gasteiger charge is -2.07. The average Bonchev–Trinajstić information content (AvgIpc) is 2.33. The van der Waals surface area contributed by atoms with E-state index in [2.05, 4.69) is 20.5 Å². The monoisotopic (exact) mass is 211 g/mol. The molecular formula is C11H9N5. The Bertz CT molecular complexity index is 544. The van der Waals surface area contributed by atoms with E-state index in [0.717, 1.165) is 11.4 Å². The van der Waals surface area contributed by atoms with Crippen molar-refractivity contribution in [2.24, 2.45) is 0 Å². The zero-order valence-electron chi connectivity index (χ0n) is 8.68. The molecule has 2 rings (SSSR count). The van der Waals surface area contributed by atoms with E-state index < -0.39 is 0 Å². The van der Waals surface area contributed by atoms with Crippen molar-refractivity contribution in [2.75, 3.05) is 5.32 Å². The van der Waals surface area contributed by atoms with E-state index in [0.29, 0.717) is 11.4 Å². The zero-order chi connectivity index (χ0) is 11.4. The van der Waals surface area contributed by atoms with Gasteiger partial charge in [-0.2, -0.15) is 10.4 Å². The second-order valence-corrected chi connectivity index (χ2v) is 3.17. The maximum atomic E-state index is 8.89. The van der Waals surface area contributed by atoms with Crippen LogP contribution in [-0.2, 0) is 0 Å². The fourth-order valence-corrected chi connectivity index (χ4v) is 1.26. The largest absolute Gasteiger partial charge is 0.336 e. The van der Waals surface area contributed by atoms with Crippen molar-refractivity contribution >= 4 is 11.5 Å². The molecule has 1 N–H and O–H groups in total. The third-order valence-corrected chi connectivity index (χ3v) is 2.10. The van der Waals surface area contributed by atoms with Crippen LogP contribution in [0.5, 0.6) is 0 Å². The normalized spacial score (nSPS) is 9.50. The summed E-state index contributed by atoms with van der Waals surface area (Å²) in [4.78, 5) is 4.14. The van der Waals surface area contributed by atoms with Crippen LogP contribution >= 0.6 is 0 Å². The molecule has 16 heavy (non-hydrogen) atoms. The van der Waals surface area contributed by atoms with E-state index in [-0.39, 0.29) is 0 Å². The van der Waals surface area contributed by atoms with Crippen molar-refractivity contribution in [3.8, 4) is 6.07 Å². The van der Waals surface area contributed by atoms with Crippen LogP contribution in [0, 0.1) is 18.3 Å². The molecule has 78 valence electrons. The first kappa shape index (κ1) is 10.1. The Morgan fingerprint density at radius 1 is 1.31 bits per heavy atom.